The quantitative estimate of drug-likeness (QED) is 0.760. The van der Waals surface area contributed by atoms with Gasteiger partial charge in [0, 0.05) is 18.5 Å². The van der Waals surface area contributed by atoms with Crippen molar-refractivity contribution in [3.8, 4) is 11.1 Å². The number of aromatic nitrogens is 1. The van der Waals surface area contributed by atoms with Gasteiger partial charge in [0.05, 0.1) is 0 Å². The van der Waals surface area contributed by atoms with Gasteiger partial charge in [0.2, 0.25) is 0 Å². The molecule has 0 amide bonds. The molecule has 0 aliphatic carbocycles. The van der Waals surface area contributed by atoms with Crippen LogP contribution < -0.4 is 0 Å². The van der Waals surface area contributed by atoms with Gasteiger partial charge in [-0.3, -0.25) is 4.98 Å². The average molecular weight is 230 g/mol. The summed E-state index contributed by atoms with van der Waals surface area (Å²) in [6, 6.07) is 12.6. The van der Waals surface area contributed by atoms with Crippen LogP contribution >= 0.6 is 0 Å². The largest absolute Gasteiger partial charge is 0.611 e. The highest BCUT2D eigenvalue weighted by Crippen LogP contribution is 2.21. The molecule has 0 spiro atoms. The Morgan fingerprint density at radius 1 is 1.31 bits per heavy atom. The topological polar surface area (TPSA) is 36.0 Å². The lowest BCUT2D eigenvalue weighted by atomic mass is 10.1. The van der Waals surface area contributed by atoms with Crippen LogP contribution in [0.2, 0.25) is 0 Å². The Morgan fingerprint density at radius 3 is 2.75 bits per heavy atom. The molecule has 0 saturated heterocycles. The highest BCUT2D eigenvalue weighted by atomic mass is 32.2. The highest BCUT2D eigenvalue weighted by Gasteiger charge is 2.08. The molecule has 1 aromatic carbocycles. The molecule has 1 atom stereocenters. The van der Waals surface area contributed by atoms with Gasteiger partial charge in [-0.2, -0.15) is 0 Å². The van der Waals surface area contributed by atoms with Gasteiger partial charge in [-0.15, -0.1) is 0 Å². The third-order valence-corrected chi connectivity index (χ3v) is 3.59. The fraction of sp³-hybridized carbons (Fsp3) is 0.154. The monoisotopic (exact) mass is 230 g/mol. The van der Waals surface area contributed by atoms with E-state index in [4.69, 9.17) is 0 Å². The molecule has 0 N–H and O–H groups in total. The van der Waals surface area contributed by atoms with Gasteiger partial charge in [-0.1, -0.05) is 0 Å². The third-order valence-electron chi connectivity index (χ3n) is 2.29. The molecule has 3 heteroatoms. The van der Waals surface area contributed by atoms with Crippen molar-refractivity contribution >= 4 is 11.2 Å². The Bertz CT molecular complexity index is 458. The summed E-state index contributed by atoms with van der Waals surface area (Å²) in [5, 5.41) is 0. The van der Waals surface area contributed by atoms with Crippen molar-refractivity contribution < 1.29 is 4.55 Å². The molecule has 0 saturated carbocycles. The lowest BCUT2D eigenvalue weighted by Crippen LogP contribution is -2.03. The second-order valence-corrected chi connectivity index (χ2v) is 5.05. The minimum absolute atomic E-state index is 0.639. The van der Waals surface area contributed by atoms with Crippen molar-refractivity contribution in [2.75, 3.05) is 5.75 Å². The number of pyridine rings is 1. The third kappa shape index (κ3) is 2.43. The second-order valence-electron chi connectivity index (χ2n) is 3.31. The highest BCUT2D eigenvalue weighted by molar-refractivity contribution is 7.91. The summed E-state index contributed by atoms with van der Waals surface area (Å²) < 4.78 is 11.7. The van der Waals surface area contributed by atoms with Crippen molar-refractivity contribution in [1.82, 2.24) is 4.98 Å². The Balaban J connectivity index is 2.36. The van der Waals surface area contributed by atoms with Crippen LogP contribution in [0.1, 0.15) is 6.92 Å². The summed E-state index contributed by atoms with van der Waals surface area (Å²) in [4.78, 5) is 4.83. The van der Waals surface area contributed by atoms with Crippen LogP contribution in [0.4, 0.5) is 0 Å². The van der Waals surface area contributed by atoms with Crippen LogP contribution in [-0.2, 0) is 11.2 Å². The summed E-state index contributed by atoms with van der Waals surface area (Å²) >= 11 is -0.910. The van der Waals surface area contributed by atoms with E-state index in [1.165, 1.54) is 0 Å². The van der Waals surface area contributed by atoms with Crippen molar-refractivity contribution in [3.63, 3.8) is 0 Å². The number of benzene rings is 1. The first-order valence-corrected chi connectivity index (χ1v) is 6.43. The maximum Gasteiger partial charge on any atom is 0.153 e. The Labute approximate surface area is 98.5 Å². The second kappa shape index (κ2) is 5.14. The van der Waals surface area contributed by atoms with Crippen LogP contribution in [0.3, 0.4) is 0 Å². The van der Waals surface area contributed by atoms with E-state index in [1.54, 1.807) is 12.4 Å². The Kier molecular flexibility index (Phi) is 3.59. The lowest BCUT2D eigenvalue weighted by Gasteiger charge is -2.08. The van der Waals surface area contributed by atoms with Crippen LogP contribution in [0.5, 0.6) is 0 Å². The summed E-state index contributed by atoms with van der Waals surface area (Å²) in [6.07, 6.45) is 3.49. The molecular weight excluding hydrogens is 218 g/mol. The normalized spacial score (nSPS) is 12.4. The molecule has 2 rings (SSSR count). The van der Waals surface area contributed by atoms with Crippen LogP contribution in [-0.4, -0.2) is 15.3 Å². The molecule has 0 aliphatic rings. The molecule has 1 aromatic heterocycles. The maximum atomic E-state index is 11.7. The number of nitrogens with zero attached hydrogens (tertiary/aromatic N) is 1. The summed E-state index contributed by atoms with van der Waals surface area (Å²) in [5.74, 6) is 0.639. The van der Waals surface area contributed by atoms with E-state index < -0.39 is 11.2 Å². The van der Waals surface area contributed by atoms with Crippen molar-refractivity contribution in [2.24, 2.45) is 0 Å². The Hall–Kier alpha value is -1.32. The zero-order valence-electron chi connectivity index (χ0n) is 9.01. The van der Waals surface area contributed by atoms with Crippen molar-refractivity contribution in [3.05, 3.63) is 48.8 Å². The molecule has 2 aromatic rings. The fourth-order valence-electron chi connectivity index (χ4n) is 1.45. The zero-order chi connectivity index (χ0) is 11.4. The van der Waals surface area contributed by atoms with Gasteiger partial charge in [0.15, 0.2) is 4.90 Å². The van der Waals surface area contributed by atoms with Gasteiger partial charge in [0.1, 0.15) is 5.75 Å². The van der Waals surface area contributed by atoms with E-state index in [1.807, 2.05) is 37.3 Å². The van der Waals surface area contributed by atoms with Crippen molar-refractivity contribution in [1.29, 1.82) is 0 Å². The minimum Gasteiger partial charge on any atom is -0.611 e. The molecule has 1 unspecified atom stereocenters. The molecule has 81 valence electrons. The van der Waals surface area contributed by atoms with Gasteiger partial charge < -0.3 is 4.55 Å². The van der Waals surface area contributed by atoms with E-state index in [2.05, 4.69) is 11.1 Å². The molecule has 0 fully saturated rings. The summed E-state index contributed by atoms with van der Waals surface area (Å²) in [7, 11) is 0. The van der Waals surface area contributed by atoms with E-state index in [0.717, 1.165) is 16.0 Å². The van der Waals surface area contributed by atoms with Crippen LogP contribution in [0.25, 0.3) is 11.1 Å². The predicted octanol–water partition coefficient (Wildman–Crippen LogP) is 2.68. The summed E-state index contributed by atoms with van der Waals surface area (Å²) in [6.45, 7) is 1.92. The van der Waals surface area contributed by atoms with Crippen LogP contribution in [0.15, 0.2) is 47.6 Å². The molecule has 2 nitrogen and oxygen atoms in total. The number of hydrogen-bond acceptors (Lipinski definition) is 2. The molecule has 0 aliphatic heterocycles. The standard InChI is InChI=1S/C13H12NOS/c1-2-16(15)13-5-3-4-12(10-13)11-6-8-14-9-7-11/h3,5-10H,2H2,1H3. The van der Waals surface area contributed by atoms with E-state index >= 15 is 0 Å². The first-order valence-electron chi connectivity index (χ1n) is 5.12. The lowest BCUT2D eigenvalue weighted by molar-refractivity contribution is 0.596. The molecule has 0 bridgehead atoms. The number of hydrogen-bond donors (Lipinski definition) is 0. The minimum atomic E-state index is -0.910. The van der Waals surface area contributed by atoms with Gasteiger partial charge in [-0.25, -0.2) is 0 Å². The van der Waals surface area contributed by atoms with E-state index in [0.29, 0.717) is 5.75 Å². The first-order chi connectivity index (χ1) is 7.81. The average Bonchev–Trinajstić information content (AvgIpc) is 2.39. The number of rotatable bonds is 3. The van der Waals surface area contributed by atoms with Gasteiger partial charge in [0.25, 0.3) is 0 Å². The fourth-order valence-corrected chi connectivity index (χ4v) is 2.25. The van der Waals surface area contributed by atoms with Gasteiger partial charge >= 0.3 is 0 Å². The van der Waals surface area contributed by atoms with Gasteiger partial charge in [-0.05, 0) is 59.6 Å². The molecule has 1 heterocycles. The predicted molar refractivity (Wildman–Crippen MR) is 65.5 cm³/mol. The summed E-state index contributed by atoms with van der Waals surface area (Å²) in [5.41, 5.74) is 2.01. The molecule has 1 radical (unpaired) electrons. The first kappa shape index (κ1) is 11.2. The Morgan fingerprint density at radius 2 is 2.06 bits per heavy atom. The van der Waals surface area contributed by atoms with E-state index in [-0.39, 0.29) is 0 Å². The van der Waals surface area contributed by atoms with Crippen LogP contribution in [0, 0.1) is 6.07 Å². The molecular formula is C13H12NOS. The smallest absolute Gasteiger partial charge is 0.153 e. The SMILES string of the molecule is CC[S+]([O-])c1cc[c]c(-c2ccncc2)c1. The molecule has 16 heavy (non-hydrogen) atoms. The zero-order valence-corrected chi connectivity index (χ0v) is 9.83. The maximum absolute atomic E-state index is 11.7. The van der Waals surface area contributed by atoms with E-state index in [9.17, 15) is 4.55 Å². The van der Waals surface area contributed by atoms with Crippen molar-refractivity contribution in [2.45, 2.75) is 11.8 Å².